The van der Waals surface area contributed by atoms with Gasteiger partial charge in [0.25, 0.3) is 0 Å². The first-order valence-corrected chi connectivity index (χ1v) is 8.90. The van der Waals surface area contributed by atoms with Gasteiger partial charge in [0.05, 0.1) is 16.3 Å². The normalized spacial score (nSPS) is 13.4. The maximum absolute atomic E-state index is 12.1. The van der Waals surface area contributed by atoms with Crippen LogP contribution >= 0.6 is 0 Å². The lowest BCUT2D eigenvalue weighted by atomic mass is 10.2. The van der Waals surface area contributed by atoms with Crippen molar-refractivity contribution in [2.75, 3.05) is 30.7 Å². The number of nitrogens with one attached hydrogen (secondary N) is 1. The van der Waals surface area contributed by atoms with E-state index in [0.717, 1.165) is 19.6 Å². The molecule has 0 saturated heterocycles. The molecule has 1 aromatic carbocycles. The number of anilines is 1. The number of nitrogens with zero attached hydrogens (tertiary/aromatic N) is 1. The fourth-order valence-corrected chi connectivity index (χ4v) is 3.25. The van der Waals surface area contributed by atoms with Crippen LogP contribution in [-0.4, -0.2) is 44.7 Å². The van der Waals surface area contributed by atoms with Gasteiger partial charge in [-0.2, -0.15) is 0 Å². The number of sulfone groups is 1. The van der Waals surface area contributed by atoms with Crippen molar-refractivity contribution in [3.8, 4) is 0 Å². The highest BCUT2D eigenvalue weighted by Crippen LogP contribution is 2.22. The number of hydrogen-bond acceptors (Lipinski definition) is 4. The Bertz CT molecular complexity index is 510. The summed E-state index contributed by atoms with van der Waals surface area (Å²) in [6.07, 6.45) is 0. The smallest absolute Gasteiger partial charge is 0.180 e. The third-order valence-electron chi connectivity index (χ3n) is 3.43. The highest BCUT2D eigenvalue weighted by molar-refractivity contribution is 7.91. The van der Waals surface area contributed by atoms with Crippen LogP contribution in [0, 0.1) is 0 Å². The molecule has 20 heavy (non-hydrogen) atoms. The van der Waals surface area contributed by atoms with E-state index in [2.05, 4.69) is 31.0 Å². The summed E-state index contributed by atoms with van der Waals surface area (Å²) in [5.41, 5.74) is 0.703. The lowest BCUT2D eigenvalue weighted by molar-refractivity contribution is 0.294. The molecule has 0 aliphatic heterocycles. The van der Waals surface area contributed by atoms with E-state index < -0.39 is 9.84 Å². The SMILES string of the molecule is CCN(CC)CC(C)Nc1ccccc1S(=O)(=O)CC. The summed E-state index contributed by atoms with van der Waals surface area (Å²) in [7, 11) is -3.19. The summed E-state index contributed by atoms with van der Waals surface area (Å²) in [6, 6.07) is 7.33. The molecule has 0 amide bonds. The van der Waals surface area contributed by atoms with Gasteiger partial charge >= 0.3 is 0 Å². The average Bonchev–Trinajstić information content (AvgIpc) is 2.45. The summed E-state index contributed by atoms with van der Waals surface area (Å²) in [5, 5.41) is 3.33. The predicted octanol–water partition coefficient (Wildman–Crippen LogP) is 2.62. The lowest BCUT2D eigenvalue weighted by Crippen LogP contribution is -2.35. The van der Waals surface area contributed by atoms with Gasteiger partial charge in [-0.15, -0.1) is 0 Å². The number of para-hydroxylation sites is 1. The van der Waals surface area contributed by atoms with Gasteiger partial charge in [0.2, 0.25) is 0 Å². The molecule has 1 N–H and O–H groups in total. The average molecular weight is 298 g/mol. The second kappa shape index (κ2) is 7.64. The number of rotatable bonds is 8. The Morgan fingerprint density at radius 1 is 1.15 bits per heavy atom. The van der Waals surface area contributed by atoms with Gasteiger partial charge in [-0.3, -0.25) is 0 Å². The zero-order valence-electron chi connectivity index (χ0n) is 12.9. The minimum Gasteiger partial charge on any atom is -0.380 e. The molecule has 1 unspecified atom stereocenters. The van der Waals surface area contributed by atoms with E-state index in [9.17, 15) is 8.42 Å². The van der Waals surface area contributed by atoms with Crippen LogP contribution in [0.15, 0.2) is 29.2 Å². The van der Waals surface area contributed by atoms with Crippen LogP contribution in [-0.2, 0) is 9.84 Å². The third-order valence-corrected chi connectivity index (χ3v) is 5.22. The van der Waals surface area contributed by atoms with E-state index in [0.29, 0.717) is 10.6 Å². The molecule has 0 aliphatic rings. The molecule has 1 rings (SSSR count). The summed E-state index contributed by atoms with van der Waals surface area (Å²) in [6.45, 7) is 10.9. The molecule has 0 spiro atoms. The Labute approximate surface area is 123 Å². The van der Waals surface area contributed by atoms with E-state index in [-0.39, 0.29) is 11.8 Å². The molecular formula is C15H26N2O2S. The molecule has 1 aromatic rings. The largest absolute Gasteiger partial charge is 0.380 e. The van der Waals surface area contributed by atoms with Crippen molar-refractivity contribution in [3.63, 3.8) is 0 Å². The zero-order valence-corrected chi connectivity index (χ0v) is 13.7. The number of hydrogen-bond donors (Lipinski definition) is 1. The Kier molecular flexibility index (Phi) is 6.49. The fraction of sp³-hybridized carbons (Fsp3) is 0.600. The van der Waals surface area contributed by atoms with Gasteiger partial charge in [-0.05, 0) is 32.1 Å². The molecule has 0 radical (unpaired) electrons. The standard InChI is InChI=1S/C15H26N2O2S/c1-5-17(6-2)12-13(4)16-14-10-8-9-11-15(14)20(18,19)7-3/h8-11,13,16H,5-7,12H2,1-4H3. The number of likely N-dealkylation sites (N-methyl/N-ethyl adjacent to an activating group) is 1. The van der Waals surface area contributed by atoms with Gasteiger partial charge in [-0.1, -0.05) is 32.9 Å². The van der Waals surface area contributed by atoms with Crippen LogP contribution < -0.4 is 5.32 Å². The van der Waals surface area contributed by atoms with Gasteiger partial charge < -0.3 is 10.2 Å². The molecule has 0 saturated carbocycles. The Morgan fingerprint density at radius 2 is 1.75 bits per heavy atom. The van der Waals surface area contributed by atoms with E-state index in [1.165, 1.54) is 0 Å². The molecule has 0 heterocycles. The predicted molar refractivity (Wildman–Crippen MR) is 85.0 cm³/mol. The van der Waals surface area contributed by atoms with Crippen molar-refractivity contribution < 1.29 is 8.42 Å². The van der Waals surface area contributed by atoms with Crippen molar-refractivity contribution >= 4 is 15.5 Å². The number of benzene rings is 1. The Morgan fingerprint density at radius 3 is 2.30 bits per heavy atom. The topological polar surface area (TPSA) is 49.4 Å². The van der Waals surface area contributed by atoms with E-state index in [1.807, 2.05) is 12.1 Å². The molecule has 5 heteroatoms. The molecule has 0 bridgehead atoms. The second-order valence-corrected chi connectivity index (χ2v) is 7.18. The summed E-state index contributed by atoms with van der Waals surface area (Å²) < 4.78 is 24.2. The van der Waals surface area contributed by atoms with Crippen LogP contribution in [0.2, 0.25) is 0 Å². The minimum atomic E-state index is -3.19. The van der Waals surface area contributed by atoms with Gasteiger partial charge in [-0.25, -0.2) is 8.42 Å². The van der Waals surface area contributed by atoms with Gasteiger partial charge in [0, 0.05) is 12.6 Å². The lowest BCUT2D eigenvalue weighted by Gasteiger charge is -2.25. The molecule has 114 valence electrons. The Balaban J connectivity index is 2.88. The molecule has 0 aliphatic carbocycles. The summed E-state index contributed by atoms with van der Waals surface area (Å²) in [5.74, 6) is 0.121. The van der Waals surface area contributed by atoms with Crippen LogP contribution in [0.1, 0.15) is 27.7 Å². The Hall–Kier alpha value is -1.07. The monoisotopic (exact) mass is 298 g/mol. The maximum atomic E-state index is 12.1. The van der Waals surface area contributed by atoms with Crippen molar-refractivity contribution in [2.45, 2.75) is 38.6 Å². The first-order valence-electron chi connectivity index (χ1n) is 7.25. The molecule has 0 aromatic heterocycles. The maximum Gasteiger partial charge on any atom is 0.180 e. The first kappa shape index (κ1) is 17.0. The third kappa shape index (κ3) is 4.49. The zero-order chi connectivity index (χ0) is 15.2. The quantitative estimate of drug-likeness (QED) is 0.801. The van der Waals surface area contributed by atoms with E-state index in [1.54, 1.807) is 19.1 Å². The summed E-state index contributed by atoms with van der Waals surface area (Å²) >= 11 is 0. The molecular weight excluding hydrogens is 272 g/mol. The first-order chi connectivity index (χ1) is 9.44. The highest BCUT2D eigenvalue weighted by Gasteiger charge is 2.17. The minimum absolute atomic E-state index is 0.121. The van der Waals surface area contributed by atoms with Crippen LogP contribution in [0.5, 0.6) is 0 Å². The van der Waals surface area contributed by atoms with E-state index >= 15 is 0 Å². The molecule has 0 fully saturated rings. The van der Waals surface area contributed by atoms with Crippen LogP contribution in [0.25, 0.3) is 0 Å². The second-order valence-electron chi connectivity index (χ2n) is 4.93. The van der Waals surface area contributed by atoms with E-state index in [4.69, 9.17) is 0 Å². The van der Waals surface area contributed by atoms with Crippen molar-refractivity contribution in [2.24, 2.45) is 0 Å². The van der Waals surface area contributed by atoms with Crippen molar-refractivity contribution in [3.05, 3.63) is 24.3 Å². The fourth-order valence-electron chi connectivity index (χ4n) is 2.19. The van der Waals surface area contributed by atoms with Crippen molar-refractivity contribution in [1.82, 2.24) is 4.90 Å². The van der Waals surface area contributed by atoms with Crippen LogP contribution in [0.4, 0.5) is 5.69 Å². The highest BCUT2D eigenvalue weighted by atomic mass is 32.2. The molecule has 1 atom stereocenters. The molecule has 4 nitrogen and oxygen atoms in total. The van der Waals surface area contributed by atoms with Crippen LogP contribution in [0.3, 0.4) is 0 Å². The summed E-state index contributed by atoms with van der Waals surface area (Å²) in [4.78, 5) is 2.71. The van der Waals surface area contributed by atoms with Crippen molar-refractivity contribution in [1.29, 1.82) is 0 Å². The van der Waals surface area contributed by atoms with Gasteiger partial charge in [0.1, 0.15) is 0 Å². The van der Waals surface area contributed by atoms with Gasteiger partial charge in [0.15, 0.2) is 9.84 Å².